The highest BCUT2D eigenvalue weighted by Gasteiger charge is 2.31. The topological polar surface area (TPSA) is 67.8 Å². The number of carbonyl (C=O) groups excluding carboxylic acids is 2. The molecule has 0 atom stereocenters. The lowest BCUT2D eigenvalue weighted by Gasteiger charge is -2.09. The van der Waals surface area contributed by atoms with Gasteiger partial charge in [0.15, 0.2) is 0 Å². The van der Waals surface area contributed by atoms with Gasteiger partial charge in [0.2, 0.25) is 0 Å². The summed E-state index contributed by atoms with van der Waals surface area (Å²) in [5, 5.41) is 3.53. The number of alkyl halides is 3. The van der Waals surface area contributed by atoms with E-state index in [9.17, 15) is 22.8 Å². The van der Waals surface area contributed by atoms with Crippen LogP contribution in [0.3, 0.4) is 0 Å². The van der Waals surface area contributed by atoms with E-state index in [2.05, 4.69) is 15.3 Å². The third-order valence-corrected chi connectivity index (χ3v) is 3.58. The van der Waals surface area contributed by atoms with Crippen molar-refractivity contribution in [1.82, 2.24) is 5.43 Å². The maximum absolute atomic E-state index is 12.7. The summed E-state index contributed by atoms with van der Waals surface area (Å²) in [4.78, 5) is 23.3. The number of ether oxygens (including phenoxy) is 1. The van der Waals surface area contributed by atoms with Crippen molar-refractivity contribution in [3.63, 3.8) is 0 Å². The first-order valence-electron chi connectivity index (χ1n) is 7.11. The van der Waals surface area contributed by atoms with E-state index in [1.165, 1.54) is 25.5 Å². The zero-order valence-corrected chi connectivity index (χ0v) is 14.1. The molecular weight excluding hydrogens is 373 g/mol. The van der Waals surface area contributed by atoms with Gasteiger partial charge in [-0.3, -0.25) is 4.79 Å². The Morgan fingerprint density at radius 1 is 1.15 bits per heavy atom. The first-order chi connectivity index (χ1) is 12.2. The first kappa shape index (κ1) is 19.5. The second kappa shape index (κ2) is 8.01. The van der Waals surface area contributed by atoms with E-state index in [0.29, 0.717) is 17.2 Å². The number of carbonyl (C=O) groups is 2. The van der Waals surface area contributed by atoms with Gasteiger partial charge in [-0.1, -0.05) is 23.7 Å². The molecule has 0 unspecified atom stereocenters. The number of rotatable bonds is 4. The van der Waals surface area contributed by atoms with Gasteiger partial charge in [0.05, 0.1) is 35.0 Å². The predicted octanol–water partition coefficient (Wildman–Crippen LogP) is 3.91. The predicted molar refractivity (Wildman–Crippen MR) is 89.3 cm³/mol. The zero-order valence-electron chi connectivity index (χ0n) is 13.3. The summed E-state index contributed by atoms with van der Waals surface area (Å²) in [5.41, 5.74) is 1.65. The third-order valence-electron chi connectivity index (χ3n) is 3.25. The molecule has 0 bridgehead atoms. The minimum Gasteiger partial charge on any atom is -0.465 e. The quantitative estimate of drug-likeness (QED) is 0.493. The lowest BCUT2D eigenvalue weighted by Crippen LogP contribution is -2.19. The monoisotopic (exact) mass is 384 g/mol. The fourth-order valence-electron chi connectivity index (χ4n) is 1.92. The maximum Gasteiger partial charge on any atom is 0.416 e. The third kappa shape index (κ3) is 4.82. The Bertz CT molecular complexity index is 849. The molecule has 0 spiro atoms. The van der Waals surface area contributed by atoms with Gasteiger partial charge in [0.25, 0.3) is 5.91 Å². The number of hydrazone groups is 1. The number of methoxy groups -OCH3 is 1. The standard InChI is InChI=1S/C17H12ClF3N2O3/c1-26-16(25)11-4-2-10(3-5-11)9-22-23-15(24)13-8-12(17(19,20)21)6-7-14(13)18/h2-9H,1H3,(H,23,24). The van der Waals surface area contributed by atoms with Crippen LogP contribution in [0.15, 0.2) is 47.6 Å². The van der Waals surface area contributed by atoms with Gasteiger partial charge in [0.1, 0.15) is 0 Å². The van der Waals surface area contributed by atoms with E-state index < -0.39 is 23.6 Å². The second-order valence-corrected chi connectivity index (χ2v) is 5.41. The Kier molecular flexibility index (Phi) is 5.99. The van der Waals surface area contributed by atoms with Gasteiger partial charge >= 0.3 is 12.1 Å². The Labute approximate surface area is 151 Å². The molecule has 0 aliphatic carbocycles. The van der Waals surface area contributed by atoms with Crippen molar-refractivity contribution in [3.8, 4) is 0 Å². The molecule has 0 saturated carbocycles. The SMILES string of the molecule is COC(=O)c1ccc(C=NNC(=O)c2cc(C(F)(F)F)ccc2Cl)cc1. The Morgan fingerprint density at radius 2 is 1.81 bits per heavy atom. The molecule has 1 N–H and O–H groups in total. The maximum atomic E-state index is 12.7. The van der Waals surface area contributed by atoms with E-state index >= 15 is 0 Å². The molecule has 1 amide bonds. The molecule has 2 aromatic carbocycles. The van der Waals surface area contributed by atoms with Gasteiger partial charge in [0, 0.05) is 0 Å². The number of nitrogens with one attached hydrogen (secondary N) is 1. The minimum absolute atomic E-state index is 0.131. The number of hydrogen-bond donors (Lipinski definition) is 1. The zero-order chi connectivity index (χ0) is 19.3. The average Bonchev–Trinajstić information content (AvgIpc) is 2.61. The van der Waals surface area contributed by atoms with Crippen LogP contribution in [0, 0.1) is 0 Å². The van der Waals surface area contributed by atoms with E-state index in [0.717, 1.165) is 12.1 Å². The molecule has 5 nitrogen and oxygen atoms in total. The summed E-state index contributed by atoms with van der Waals surface area (Å²) < 4.78 is 42.7. The highest BCUT2D eigenvalue weighted by molar-refractivity contribution is 6.33. The smallest absolute Gasteiger partial charge is 0.416 e. The normalized spacial score (nSPS) is 11.4. The van der Waals surface area contributed by atoms with Crippen LogP contribution in [-0.4, -0.2) is 25.2 Å². The molecule has 136 valence electrons. The van der Waals surface area contributed by atoms with Crippen LogP contribution in [0.4, 0.5) is 13.2 Å². The molecule has 0 aliphatic heterocycles. The van der Waals surface area contributed by atoms with Crippen LogP contribution in [0.2, 0.25) is 5.02 Å². The average molecular weight is 385 g/mol. The van der Waals surface area contributed by atoms with Crippen LogP contribution in [0.5, 0.6) is 0 Å². The fourth-order valence-corrected chi connectivity index (χ4v) is 2.13. The summed E-state index contributed by atoms with van der Waals surface area (Å²) in [7, 11) is 1.26. The van der Waals surface area contributed by atoms with Crippen molar-refractivity contribution < 1.29 is 27.5 Å². The second-order valence-electron chi connectivity index (χ2n) is 5.01. The van der Waals surface area contributed by atoms with Crippen LogP contribution in [0.1, 0.15) is 31.8 Å². The largest absolute Gasteiger partial charge is 0.465 e. The number of benzene rings is 2. The van der Waals surface area contributed by atoms with Crippen molar-refractivity contribution in [2.45, 2.75) is 6.18 Å². The van der Waals surface area contributed by atoms with Crippen LogP contribution >= 0.6 is 11.6 Å². The van der Waals surface area contributed by atoms with Crippen LogP contribution in [0.25, 0.3) is 0 Å². The summed E-state index contributed by atoms with van der Waals surface area (Å²) in [5.74, 6) is -1.38. The van der Waals surface area contributed by atoms with Gasteiger partial charge < -0.3 is 4.74 Å². The minimum atomic E-state index is -4.59. The molecular formula is C17H12ClF3N2O3. The number of halogens is 4. The summed E-state index contributed by atoms with van der Waals surface area (Å²) >= 11 is 5.77. The Morgan fingerprint density at radius 3 is 2.38 bits per heavy atom. The molecule has 0 fully saturated rings. The molecule has 0 saturated heterocycles. The summed E-state index contributed by atoms with van der Waals surface area (Å²) in [6.07, 6.45) is -3.33. The Balaban J connectivity index is 2.09. The molecule has 0 aromatic heterocycles. The van der Waals surface area contributed by atoms with E-state index in [1.807, 2.05) is 0 Å². The molecule has 9 heteroatoms. The van der Waals surface area contributed by atoms with Gasteiger partial charge in [-0.15, -0.1) is 0 Å². The van der Waals surface area contributed by atoms with E-state index in [4.69, 9.17) is 11.6 Å². The molecule has 2 aromatic rings. The van der Waals surface area contributed by atoms with Crippen molar-refractivity contribution in [2.75, 3.05) is 7.11 Å². The van der Waals surface area contributed by atoms with Crippen molar-refractivity contribution in [2.24, 2.45) is 5.10 Å². The number of amides is 1. The molecule has 0 aliphatic rings. The Hall–Kier alpha value is -2.87. The fraction of sp³-hybridized carbons (Fsp3) is 0.118. The molecule has 26 heavy (non-hydrogen) atoms. The highest BCUT2D eigenvalue weighted by Crippen LogP contribution is 2.31. The first-order valence-corrected chi connectivity index (χ1v) is 7.48. The molecule has 0 radical (unpaired) electrons. The van der Waals surface area contributed by atoms with Crippen molar-refractivity contribution in [1.29, 1.82) is 0 Å². The highest BCUT2D eigenvalue weighted by atomic mass is 35.5. The molecule has 2 rings (SSSR count). The molecule has 0 heterocycles. The van der Waals surface area contributed by atoms with Crippen molar-refractivity contribution >= 4 is 29.7 Å². The van der Waals surface area contributed by atoms with Crippen LogP contribution < -0.4 is 5.43 Å². The van der Waals surface area contributed by atoms with Crippen LogP contribution in [-0.2, 0) is 10.9 Å². The van der Waals surface area contributed by atoms with E-state index in [1.54, 1.807) is 12.1 Å². The van der Waals surface area contributed by atoms with Gasteiger partial charge in [-0.05, 0) is 35.9 Å². The van der Waals surface area contributed by atoms with Gasteiger partial charge in [-0.2, -0.15) is 18.3 Å². The van der Waals surface area contributed by atoms with E-state index in [-0.39, 0.29) is 10.6 Å². The summed E-state index contributed by atoms with van der Waals surface area (Å²) in [6.45, 7) is 0. The number of nitrogens with zero attached hydrogens (tertiary/aromatic N) is 1. The lowest BCUT2D eigenvalue weighted by atomic mass is 10.1. The number of hydrogen-bond acceptors (Lipinski definition) is 4. The van der Waals surface area contributed by atoms with Crippen molar-refractivity contribution in [3.05, 3.63) is 69.7 Å². The lowest BCUT2D eigenvalue weighted by molar-refractivity contribution is -0.137. The van der Waals surface area contributed by atoms with Gasteiger partial charge in [-0.25, -0.2) is 10.2 Å². The summed E-state index contributed by atoms with van der Waals surface area (Å²) in [6, 6.07) is 8.54. The number of esters is 1.